The molecule has 0 radical (unpaired) electrons. The Balaban J connectivity index is 2.28. The summed E-state index contributed by atoms with van der Waals surface area (Å²) in [5, 5.41) is 8.85. The number of fused-ring (bicyclic) bond motifs is 1. The average molecular weight is 271 g/mol. The van der Waals surface area contributed by atoms with Gasteiger partial charge in [-0.2, -0.15) is 5.26 Å². The number of carbonyl (C=O) groups is 3. The lowest BCUT2D eigenvalue weighted by Gasteiger charge is -2.24. The highest BCUT2D eigenvalue weighted by atomic mass is 16.2. The molecule has 6 nitrogen and oxygen atoms in total. The van der Waals surface area contributed by atoms with Crippen molar-refractivity contribution in [3.05, 3.63) is 34.9 Å². The van der Waals surface area contributed by atoms with Gasteiger partial charge in [-0.25, -0.2) is 0 Å². The van der Waals surface area contributed by atoms with Crippen molar-refractivity contribution in [1.82, 2.24) is 4.90 Å². The fourth-order valence-electron chi connectivity index (χ4n) is 2.34. The topological polar surface area (TPSA) is 104 Å². The number of amides is 2. The zero-order chi connectivity index (χ0) is 14.7. The number of nitrogens with zero attached hydrogens (tertiary/aromatic N) is 2. The maximum atomic E-state index is 12.3. The molecule has 0 bridgehead atoms. The quantitative estimate of drug-likeness (QED) is 0.780. The first-order chi connectivity index (χ1) is 9.58. The first-order valence-corrected chi connectivity index (χ1v) is 6.15. The maximum absolute atomic E-state index is 12.3. The van der Waals surface area contributed by atoms with E-state index in [4.69, 9.17) is 11.0 Å². The lowest BCUT2D eigenvalue weighted by molar-refractivity contribution is -0.122. The third-order valence-corrected chi connectivity index (χ3v) is 3.33. The molecule has 1 aromatic carbocycles. The Kier molecular flexibility index (Phi) is 3.80. The van der Waals surface area contributed by atoms with Gasteiger partial charge >= 0.3 is 0 Å². The van der Waals surface area contributed by atoms with E-state index >= 15 is 0 Å². The second-order valence-corrected chi connectivity index (χ2v) is 4.58. The molecule has 1 aliphatic heterocycles. The van der Waals surface area contributed by atoms with E-state index in [-0.39, 0.29) is 25.3 Å². The molecule has 1 aromatic rings. The molecule has 1 unspecified atom stereocenters. The van der Waals surface area contributed by atoms with E-state index in [1.54, 1.807) is 18.2 Å². The van der Waals surface area contributed by atoms with Crippen LogP contribution in [0.4, 0.5) is 0 Å². The van der Waals surface area contributed by atoms with Crippen molar-refractivity contribution in [2.75, 3.05) is 0 Å². The summed E-state index contributed by atoms with van der Waals surface area (Å²) in [5.41, 5.74) is 6.94. The molecular weight excluding hydrogens is 258 g/mol. The lowest BCUT2D eigenvalue weighted by atomic mass is 10.1. The van der Waals surface area contributed by atoms with Crippen LogP contribution in [0.3, 0.4) is 0 Å². The van der Waals surface area contributed by atoms with Crippen LogP contribution in [-0.2, 0) is 16.1 Å². The van der Waals surface area contributed by atoms with Crippen LogP contribution >= 0.6 is 0 Å². The number of nitriles is 1. The number of rotatable bonds is 5. The fourth-order valence-corrected chi connectivity index (χ4v) is 2.34. The first-order valence-electron chi connectivity index (χ1n) is 6.15. The van der Waals surface area contributed by atoms with Gasteiger partial charge in [-0.1, -0.05) is 0 Å². The van der Waals surface area contributed by atoms with E-state index in [1.807, 2.05) is 6.07 Å². The SMILES string of the molecule is N#Cc1ccc2c(c1)CN(C(CCC=O)C(N)=O)C2=O. The Bertz CT molecular complexity index is 619. The summed E-state index contributed by atoms with van der Waals surface area (Å²) in [6.07, 6.45) is 1.07. The Morgan fingerprint density at radius 3 is 2.90 bits per heavy atom. The Labute approximate surface area is 115 Å². The van der Waals surface area contributed by atoms with Crippen molar-refractivity contribution in [2.45, 2.75) is 25.4 Å². The Morgan fingerprint density at radius 1 is 1.55 bits per heavy atom. The monoisotopic (exact) mass is 271 g/mol. The van der Waals surface area contributed by atoms with E-state index in [2.05, 4.69) is 0 Å². The Morgan fingerprint density at radius 2 is 2.30 bits per heavy atom. The third kappa shape index (κ3) is 2.38. The molecule has 6 heteroatoms. The van der Waals surface area contributed by atoms with E-state index in [0.717, 1.165) is 0 Å². The standard InChI is InChI=1S/C14H13N3O3/c15-7-9-3-4-11-10(6-9)8-17(14(11)20)12(13(16)19)2-1-5-18/h3-6,12H,1-2,8H2,(H2,16,19). The summed E-state index contributed by atoms with van der Waals surface area (Å²) in [7, 11) is 0. The van der Waals surface area contributed by atoms with Gasteiger partial charge in [-0.3, -0.25) is 9.59 Å². The predicted octanol–water partition coefficient (Wildman–Crippen LogP) is 0.347. The Hall–Kier alpha value is -2.68. The molecular formula is C14H13N3O3. The molecule has 2 rings (SSSR count). The number of hydrogen-bond donors (Lipinski definition) is 1. The predicted molar refractivity (Wildman–Crippen MR) is 69.3 cm³/mol. The molecule has 0 spiro atoms. The number of carbonyl (C=O) groups excluding carboxylic acids is 3. The summed E-state index contributed by atoms with van der Waals surface area (Å²) in [5.74, 6) is -0.923. The summed E-state index contributed by atoms with van der Waals surface area (Å²) >= 11 is 0. The molecule has 1 heterocycles. The van der Waals surface area contributed by atoms with E-state index in [1.165, 1.54) is 4.90 Å². The van der Waals surface area contributed by atoms with Crippen molar-refractivity contribution < 1.29 is 14.4 Å². The third-order valence-electron chi connectivity index (χ3n) is 3.33. The van der Waals surface area contributed by atoms with Gasteiger partial charge in [-0.15, -0.1) is 0 Å². The van der Waals surface area contributed by atoms with E-state index in [0.29, 0.717) is 23.0 Å². The van der Waals surface area contributed by atoms with Crippen LogP contribution in [-0.4, -0.2) is 29.0 Å². The average Bonchev–Trinajstić information content (AvgIpc) is 2.75. The molecule has 0 saturated heterocycles. The summed E-state index contributed by atoms with van der Waals surface area (Å²) in [6, 6.07) is 5.97. The molecule has 2 amide bonds. The lowest BCUT2D eigenvalue weighted by Crippen LogP contribution is -2.44. The van der Waals surface area contributed by atoms with Gasteiger partial charge in [0.25, 0.3) is 5.91 Å². The largest absolute Gasteiger partial charge is 0.368 e. The van der Waals surface area contributed by atoms with Gasteiger partial charge in [-0.05, 0) is 30.2 Å². The molecule has 1 aliphatic rings. The molecule has 0 saturated carbocycles. The molecule has 2 N–H and O–H groups in total. The smallest absolute Gasteiger partial charge is 0.255 e. The second-order valence-electron chi connectivity index (χ2n) is 4.58. The highest BCUT2D eigenvalue weighted by molar-refractivity contribution is 6.01. The van der Waals surface area contributed by atoms with E-state index in [9.17, 15) is 14.4 Å². The van der Waals surface area contributed by atoms with Gasteiger partial charge in [0.15, 0.2) is 0 Å². The maximum Gasteiger partial charge on any atom is 0.255 e. The van der Waals surface area contributed by atoms with Gasteiger partial charge in [0.05, 0.1) is 11.6 Å². The minimum absolute atomic E-state index is 0.164. The second kappa shape index (κ2) is 5.53. The number of aldehydes is 1. The molecule has 0 aliphatic carbocycles. The summed E-state index contributed by atoms with van der Waals surface area (Å²) in [6.45, 7) is 0.232. The van der Waals surface area contributed by atoms with Crippen LogP contribution in [0, 0.1) is 11.3 Å². The molecule has 1 atom stereocenters. The van der Waals surface area contributed by atoms with Gasteiger partial charge < -0.3 is 15.4 Å². The van der Waals surface area contributed by atoms with Crippen molar-refractivity contribution in [1.29, 1.82) is 5.26 Å². The van der Waals surface area contributed by atoms with Crippen molar-refractivity contribution in [3.8, 4) is 6.07 Å². The van der Waals surface area contributed by atoms with Crippen molar-refractivity contribution >= 4 is 18.1 Å². The molecule has 102 valence electrons. The van der Waals surface area contributed by atoms with Crippen LogP contribution in [0.1, 0.15) is 34.3 Å². The minimum atomic E-state index is -0.800. The van der Waals surface area contributed by atoms with Crippen LogP contribution in [0.5, 0.6) is 0 Å². The minimum Gasteiger partial charge on any atom is -0.368 e. The highest BCUT2D eigenvalue weighted by Gasteiger charge is 2.35. The first kappa shape index (κ1) is 13.7. The van der Waals surface area contributed by atoms with Gasteiger partial charge in [0, 0.05) is 18.5 Å². The highest BCUT2D eigenvalue weighted by Crippen LogP contribution is 2.26. The van der Waals surface area contributed by atoms with Gasteiger partial charge in [0.2, 0.25) is 5.91 Å². The number of benzene rings is 1. The zero-order valence-corrected chi connectivity index (χ0v) is 10.7. The molecule has 0 fully saturated rings. The fraction of sp³-hybridized carbons (Fsp3) is 0.286. The number of primary amides is 1. The van der Waals surface area contributed by atoms with Crippen LogP contribution in [0.25, 0.3) is 0 Å². The summed E-state index contributed by atoms with van der Waals surface area (Å²) in [4.78, 5) is 35.5. The van der Waals surface area contributed by atoms with Crippen molar-refractivity contribution in [2.24, 2.45) is 5.73 Å². The van der Waals surface area contributed by atoms with Crippen molar-refractivity contribution in [3.63, 3.8) is 0 Å². The van der Waals surface area contributed by atoms with Crippen LogP contribution < -0.4 is 5.73 Å². The normalized spacial score (nSPS) is 14.6. The van der Waals surface area contributed by atoms with Crippen LogP contribution in [0.15, 0.2) is 18.2 Å². The number of nitrogens with two attached hydrogens (primary N) is 1. The zero-order valence-electron chi connectivity index (χ0n) is 10.7. The number of hydrogen-bond acceptors (Lipinski definition) is 4. The van der Waals surface area contributed by atoms with Crippen LogP contribution in [0.2, 0.25) is 0 Å². The molecule has 20 heavy (non-hydrogen) atoms. The van der Waals surface area contributed by atoms with E-state index < -0.39 is 11.9 Å². The van der Waals surface area contributed by atoms with Gasteiger partial charge in [0.1, 0.15) is 12.3 Å². The summed E-state index contributed by atoms with van der Waals surface area (Å²) < 4.78 is 0. The molecule has 0 aromatic heterocycles.